The number of methoxy groups -OCH3 is 2. The number of fused-ring (bicyclic) bond motifs is 1. The third-order valence-corrected chi connectivity index (χ3v) is 5.02. The van der Waals surface area contributed by atoms with E-state index in [-0.39, 0.29) is 5.88 Å². The second kappa shape index (κ2) is 6.55. The second-order valence-electron chi connectivity index (χ2n) is 5.28. The van der Waals surface area contributed by atoms with Gasteiger partial charge in [0, 0.05) is 29.6 Å². The van der Waals surface area contributed by atoms with Gasteiger partial charge < -0.3 is 14.6 Å². The van der Waals surface area contributed by atoms with Crippen LogP contribution in [0.15, 0.2) is 23.6 Å². The predicted molar refractivity (Wildman–Crippen MR) is 86.2 cm³/mol. The quantitative estimate of drug-likeness (QED) is 0.905. The summed E-state index contributed by atoms with van der Waals surface area (Å²) in [5, 5.41) is 11.8. The number of carboxylic acid groups (broad SMARTS) is 1. The molecular weight excluding hydrogens is 316 g/mol. The Bertz CT molecular complexity index is 716. The van der Waals surface area contributed by atoms with Gasteiger partial charge in [0.2, 0.25) is 11.8 Å². The topological polar surface area (TPSA) is 71.9 Å². The van der Waals surface area contributed by atoms with Crippen LogP contribution in [-0.4, -0.2) is 41.7 Å². The van der Waals surface area contributed by atoms with Crippen LogP contribution in [0.4, 0.5) is 0 Å². The second-order valence-corrected chi connectivity index (χ2v) is 6.28. The van der Waals surface area contributed by atoms with Gasteiger partial charge in [-0.05, 0) is 29.5 Å². The Labute approximate surface area is 138 Å². The SMILES string of the molecule is COc1ccc(C(C(=O)O)N2CCc3sccc3C2)c(OC)n1. The molecule has 3 rings (SSSR count). The van der Waals surface area contributed by atoms with Gasteiger partial charge in [0.1, 0.15) is 6.04 Å². The average molecular weight is 334 g/mol. The van der Waals surface area contributed by atoms with Gasteiger partial charge in [0.25, 0.3) is 0 Å². The molecular formula is C16H18N2O4S. The van der Waals surface area contributed by atoms with Crippen molar-refractivity contribution in [3.05, 3.63) is 39.6 Å². The Morgan fingerprint density at radius 3 is 2.87 bits per heavy atom. The van der Waals surface area contributed by atoms with Crippen LogP contribution in [0.2, 0.25) is 0 Å². The maximum atomic E-state index is 11.9. The average Bonchev–Trinajstić information content (AvgIpc) is 3.02. The van der Waals surface area contributed by atoms with E-state index in [0.717, 1.165) is 6.42 Å². The fourth-order valence-electron chi connectivity index (χ4n) is 2.90. The summed E-state index contributed by atoms with van der Waals surface area (Å²) in [7, 11) is 3.00. The van der Waals surface area contributed by atoms with E-state index in [0.29, 0.717) is 24.5 Å². The molecule has 2 aromatic heterocycles. The van der Waals surface area contributed by atoms with Crippen molar-refractivity contribution in [3.63, 3.8) is 0 Å². The molecule has 0 radical (unpaired) electrons. The predicted octanol–water partition coefficient (Wildman–Crippen LogP) is 2.34. The van der Waals surface area contributed by atoms with Crippen LogP contribution in [0.1, 0.15) is 22.0 Å². The molecule has 0 saturated heterocycles. The molecule has 7 heteroatoms. The van der Waals surface area contributed by atoms with Crippen molar-refractivity contribution in [3.8, 4) is 11.8 Å². The highest BCUT2D eigenvalue weighted by atomic mass is 32.1. The Morgan fingerprint density at radius 2 is 2.17 bits per heavy atom. The summed E-state index contributed by atoms with van der Waals surface area (Å²) < 4.78 is 10.4. The lowest BCUT2D eigenvalue weighted by atomic mass is 10.0. The van der Waals surface area contributed by atoms with Crippen LogP contribution in [0.25, 0.3) is 0 Å². The molecule has 122 valence electrons. The monoisotopic (exact) mass is 334 g/mol. The molecule has 1 aliphatic heterocycles. The van der Waals surface area contributed by atoms with Crippen LogP contribution < -0.4 is 9.47 Å². The molecule has 23 heavy (non-hydrogen) atoms. The van der Waals surface area contributed by atoms with Gasteiger partial charge in [-0.1, -0.05) is 0 Å². The first kappa shape index (κ1) is 15.8. The summed E-state index contributed by atoms with van der Waals surface area (Å²) in [5.41, 5.74) is 1.74. The number of rotatable bonds is 5. The number of hydrogen-bond donors (Lipinski definition) is 1. The molecule has 1 unspecified atom stereocenters. The molecule has 0 spiro atoms. The number of pyridine rings is 1. The van der Waals surface area contributed by atoms with Gasteiger partial charge in [0.15, 0.2) is 0 Å². The number of nitrogens with zero attached hydrogens (tertiary/aromatic N) is 2. The van der Waals surface area contributed by atoms with E-state index in [1.807, 2.05) is 4.90 Å². The zero-order valence-electron chi connectivity index (χ0n) is 13.0. The normalized spacial score (nSPS) is 15.7. The molecule has 3 heterocycles. The van der Waals surface area contributed by atoms with Gasteiger partial charge in [-0.15, -0.1) is 11.3 Å². The standard InChI is InChI=1S/C16H18N2O4S/c1-21-13-4-3-11(15(17-13)22-2)14(16(19)20)18-7-5-12-10(9-18)6-8-23-12/h3-4,6,8,14H,5,7,9H2,1-2H3,(H,19,20). The Balaban J connectivity index is 1.95. The van der Waals surface area contributed by atoms with Gasteiger partial charge in [-0.2, -0.15) is 4.98 Å². The summed E-state index contributed by atoms with van der Waals surface area (Å²) in [5.74, 6) is -0.227. The molecule has 0 aromatic carbocycles. The zero-order chi connectivity index (χ0) is 16.4. The largest absolute Gasteiger partial charge is 0.481 e. The number of ether oxygens (including phenoxy) is 2. The van der Waals surface area contributed by atoms with E-state index in [9.17, 15) is 9.90 Å². The summed E-state index contributed by atoms with van der Waals surface area (Å²) in [6.45, 7) is 1.31. The van der Waals surface area contributed by atoms with E-state index in [1.165, 1.54) is 24.7 Å². The van der Waals surface area contributed by atoms with Crippen molar-refractivity contribution in [2.24, 2.45) is 0 Å². The molecule has 6 nitrogen and oxygen atoms in total. The summed E-state index contributed by atoms with van der Waals surface area (Å²) in [6, 6.07) is 4.64. The van der Waals surface area contributed by atoms with Crippen LogP contribution >= 0.6 is 11.3 Å². The van der Waals surface area contributed by atoms with E-state index in [2.05, 4.69) is 16.4 Å². The zero-order valence-corrected chi connectivity index (χ0v) is 13.8. The molecule has 0 saturated carbocycles. The molecule has 1 atom stereocenters. The van der Waals surface area contributed by atoms with Crippen LogP contribution in [-0.2, 0) is 17.8 Å². The van der Waals surface area contributed by atoms with Crippen molar-refractivity contribution < 1.29 is 19.4 Å². The van der Waals surface area contributed by atoms with Crippen molar-refractivity contribution in [2.45, 2.75) is 19.0 Å². The van der Waals surface area contributed by atoms with Crippen molar-refractivity contribution in [1.82, 2.24) is 9.88 Å². The number of hydrogen-bond acceptors (Lipinski definition) is 6. The van der Waals surface area contributed by atoms with Crippen LogP contribution in [0, 0.1) is 0 Å². The molecule has 0 fully saturated rings. The van der Waals surface area contributed by atoms with Crippen molar-refractivity contribution in [2.75, 3.05) is 20.8 Å². The maximum absolute atomic E-state index is 11.9. The minimum atomic E-state index is -0.908. The van der Waals surface area contributed by atoms with Gasteiger partial charge in [-0.25, -0.2) is 0 Å². The first-order valence-corrected chi connectivity index (χ1v) is 8.13. The van der Waals surface area contributed by atoms with Gasteiger partial charge >= 0.3 is 5.97 Å². The fraction of sp³-hybridized carbons (Fsp3) is 0.375. The van der Waals surface area contributed by atoms with E-state index in [4.69, 9.17) is 9.47 Å². The maximum Gasteiger partial charge on any atom is 0.325 e. The van der Waals surface area contributed by atoms with E-state index >= 15 is 0 Å². The first-order chi connectivity index (χ1) is 11.1. The minimum Gasteiger partial charge on any atom is -0.481 e. The Morgan fingerprint density at radius 1 is 1.35 bits per heavy atom. The highest BCUT2D eigenvalue weighted by Crippen LogP contribution is 2.34. The lowest BCUT2D eigenvalue weighted by molar-refractivity contribution is -0.144. The highest BCUT2D eigenvalue weighted by molar-refractivity contribution is 7.10. The lowest BCUT2D eigenvalue weighted by Crippen LogP contribution is -2.37. The van der Waals surface area contributed by atoms with Crippen LogP contribution in [0.5, 0.6) is 11.8 Å². The van der Waals surface area contributed by atoms with Gasteiger partial charge in [-0.3, -0.25) is 9.69 Å². The molecule has 0 amide bonds. The van der Waals surface area contributed by atoms with E-state index < -0.39 is 12.0 Å². The van der Waals surface area contributed by atoms with Gasteiger partial charge in [0.05, 0.1) is 14.2 Å². The number of aromatic nitrogens is 1. The molecule has 0 aliphatic carbocycles. The highest BCUT2D eigenvalue weighted by Gasteiger charge is 2.33. The minimum absolute atomic E-state index is 0.285. The first-order valence-electron chi connectivity index (χ1n) is 7.25. The fourth-order valence-corrected chi connectivity index (χ4v) is 3.79. The van der Waals surface area contributed by atoms with Crippen molar-refractivity contribution in [1.29, 1.82) is 0 Å². The summed E-state index contributed by atoms with van der Waals surface area (Å²) in [4.78, 5) is 19.4. The molecule has 0 bridgehead atoms. The lowest BCUT2D eigenvalue weighted by Gasteiger charge is -2.32. The Kier molecular flexibility index (Phi) is 4.49. The number of aliphatic carboxylic acids is 1. The number of carboxylic acids is 1. The van der Waals surface area contributed by atoms with Crippen LogP contribution in [0.3, 0.4) is 0 Å². The number of carbonyl (C=O) groups is 1. The molecule has 2 aromatic rings. The molecule has 1 aliphatic rings. The smallest absolute Gasteiger partial charge is 0.325 e. The third kappa shape index (κ3) is 3.02. The van der Waals surface area contributed by atoms with Crippen molar-refractivity contribution >= 4 is 17.3 Å². The Hall–Kier alpha value is -2.12. The summed E-state index contributed by atoms with van der Waals surface area (Å²) in [6.07, 6.45) is 0.864. The number of thiophene rings is 1. The summed E-state index contributed by atoms with van der Waals surface area (Å²) >= 11 is 1.73. The third-order valence-electron chi connectivity index (χ3n) is 4.00. The molecule has 1 N–H and O–H groups in total. The van der Waals surface area contributed by atoms with E-state index in [1.54, 1.807) is 23.5 Å².